The zero-order chi connectivity index (χ0) is 12.0. The highest BCUT2D eigenvalue weighted by molar-refractivity contribution is 5.09. The van der Waals surface area contributed by atoms with Crippen LogP contribution in [0.1, 0.15) is 33.3 Å². The molecule has 2 nitrogen and oxygen atoms in total. The number of nitrogens with zero attached hydrogens (tertiary/aromatic N) is 1. The molecular formula is C14H24N2. The predicted octanol–water partition coefficient (Wildman–Crippen LogP) is 2.89. The van der Waals surface area contributed by atoms with Crippen LogP contribution in [0.15, 0.2) is 24.5 Å². The highest BCUT2D eigenvalue weighted by Gasteiger charge is 2.12. The van der Waals surface area contributed by atoms with E-state index >= 15 is 0 Å². The Morgan fingerprint density at radius 3 is 2.50 bits per heavy atom. The van der Waals surface area contributed by atoms with E-state index in [4.69, 9.17) is 0 Å². The zero-order valence-electron chi connectivity index (χ0n) is 10.9. The first-order valence-electron chi connectivity index (χ1n) is 6.22. The molecule has 0 aliphatic rings. The summed E-state index contributed by atoms with van der Waals surface area (Å²) < 4.78 is 0. The molecule has 0 fully saturated rings. The van der Waals surface area contributed by atoms with Crippen LogP contribution in [0.4, 0.5) is 0 Å². The van der Waals surface area contributed by atoms with Crippen LogP contribution in [-0.2, 0) is 6.42 Å². The van der Waals surface area contributed by atoms with Crippen LogP contribution >= 0.6 is 0 Å². The molecule has 90 valence electrons. The van der Waals surface area contributed by atoms with Gasteiger partial charge in [0.05, 0.1) is 0 Å². The van der Waals surface area contributed by atoms with E-state index in [1.807, 2.05) is 18.5 Å². The maximum Gasteiger partial charge on any atom is 0.0299 e. The molecule has 0 saturated carbocycles. The SMILES string of the molecule is CC(C)NCC(C)C(C)Cc1cccnc1. The Balaban J connectivity index is 2.37. The highest BCUT2D eigenvalue weighted by atomic mass is 14.9. The summed E-state index contributed by atoms with van der Waals surface area (Å²) in [7, 11) is 0. The smallest absolute Gasteiger partial charge is 0.0299 e. The van der Waals surface area contributed by atoms with Gasteiger partial charge in [-0.25, -0.2) is 0 Å². The van der Waals surface area contributed by atoms with E-state index in [-0.39, 0.29) is 0 Å². The van der Waals surface area contributed by atoms with Crippen molar-refractivity contribution in [2.75, 3.05) is 6.54 Å². The lowest BCUT2D eigenvalue weighted by Gasteiger charge is -2.21. The van der Waals surface area contributed by atoms with E-state index in [9.17, 15) is 0 Å². The van der Waals surface area contributed by atoms with Gasteiger partial charge in [0.1, 0.15) is 0 Å². The van der Waals surface area contributed by atoms with E-state index < -0.39 is 0 Å². The van der Waals surface area contributed by atoms with Gasteiger partial charge in [-0.15, -0.1) is 0 Å². The minimum atomic E-state index is 0.577. The lowest BCUT2D eigenvalue weighted by molar-refractivity contribution is 0.354. The molecular weight excluding hydrogens is 196 g/mol. The average molecular weight is 220 g/mol. The summed E-state index contributed by atoms with van der Waals surface area (Å²) in [6, 6.07) is 4.75. The van der Waals surface area contributed by atoms with Crippen molar-refractivity contribution in [2.24, 2.45) is 11.8 Å². The topological polar surface area (TPSA) is 24.9 Å². The van der Waals surface area contributed by atoms with Gasteiger partial charge in [-0.05, 0) is 36.4 Å². The van der Waals surface area contributed by atoms with Gasteiger partial charge in [0, 0.05) is 18.4 Å². The normalized spacial score (nSPS) is 15.1. The Morgan fingerprint density at radius 2 is 1.94 bits per heavy atom. The number of nitrogens with one attached hydrogen (secondary N) is 1. The number of rotatable bonds is 6. The molecule has 1 aromatic heterocycles. The number of pyridine rings is 1. The molecule has 0 amide bonds. The zero-order valence-corrected chi connectivity index (χ0v) is 10.9. The quantitative estimate of drug-likeness (QED) is 0.797. The van der Waals surface area contributed by atoms with E-state index in [1.165, 1.54) is 5.56 Å². The van der Waals surface area contributed by atoms with E-state index in [1.54, 1.807) is 0 Å². The third-order valence-electron chi connectivity index (χ3n) is 3.10. The molecule has 2 atom stereocenters. The minimum absolute atomic E-state index is 0.577. The largest absolute Gasteiger partial charge is 0.314 e. The number of hydrogen-bond donors (Lipinski definition) is 1. The van der Waals surface area contributed by atoms with Crippen LogP contribution in [0.25, 0.3) is 0 Å². The second-order valence-electron chi connectivity index (χ2n) is 5.08. The van der Waals surface area contributed by atoms with E-state index in [0.717, 1.165) is 13.0 Å². The Labute approximate surface area is 99.5 Å². The van der Waals surface area contributed by atoms with Crippen molar-refractivity contribution in [1.82, 2.24) is 10.3 Å². The van der Waals surface area contributed by atoms with Gasteiger partial charge in [0.25, 0.3) is 0 Å². The van der Waals surface area contributed by atoms with E-state index in [2.05, 4.69) is 44.1 Å². The molecule has 1 rings (SSSR count). The Morgan fingerprint density at radius 1 is 1.19 bits per heavy atom. The summed E-state index contributed by atoms with van der Waals surface area (Å²) in [4.78, 5) is 4.16. The first-order valence-corrected chi connectivity index (χ1v) is 6.22. The Bertz CT molecular complexity index is 282. The second-order valence-corrected chi connectivity index (χ2v) is 5.08. The van der Waals surface area contributed by atoms with Crippen molar-refractivity contribution in [3.05, 3.63) is 30.1 Å². The fraction of sp³-hybridized carbons (Fsp3) is 0.643. The van der Waals surface area contributed by atoms with Crippen molar-refractivity contribution in [3.63, 3.8) is 0 Å². The predicted molar refractivity (Wildman–Crippen MR) is 69.4 cm³/mol. The molecule has 16 heavy (non-hydrogen) atoms. The second kappa shape index (κ2) is 6.64. The first-order chi connectivity index (χ1) is 7.59. The van der Waals surface area contributed by atoms with Crippen molar-refractivity contribution >= 4 is 0 Å². The third kappa shape index (κ3) is 4.75. The lowest BCUT2D eigenvalue weighted by Crippen LogP contribution is -2.31. The molecule has 0 bridgehead atoms. The van der Waals surface area contributed by atoms with Gasteiger partial charge >= 0.3 is 0 Å². The summed E-state index contributed by atoms with van der Waals surface area (Å²) in [5.41, 5.74) is 1.34. The highest BCUT2D eigenvalue weighted by Crippen LogP contribution is 2.15. The summed E-state index contributed by atoms with van der Waals surface area (Å²) >= 11 is 0. The third-order valence-corrected chi connectivity index (χ3v) is 3.10. The molecule has 1 aromatic rings. The van der Waals surface area contributed by atoms with Crippen LogP contribution in [0, 0.1) is 11.8 Å². The first kappa shape index (κ1) is 13.2. The fourth-order valence-corrected chi connectivity index (χ4v) is 1.71. The van der Waals surface area contributed by atoms with Gasteiger partial charge < -0.3 is 5.32 Å². The number of aromatic nitrogens is 1. The minimum Gasteiger partial charge on any atom is -0.314 e. The van der Waals surface area contributed by atoms with Crippen molar-refractivity contribution in [2.45, 2.75) is 40.2 Å². The molecule has 2 heteroatoms. The Hall–Kier alpha value is -0.890. The molecule has 0 radical (unpaired) electrons. The van der Waals surface area contributed by atoms with Crippen molar-refractivity contribution < 1.29 is 0 Å². The summed E-state index contributed by atoms with van der Waals surface area (Å²) in [5, 5.41) is 3.50. The summed E-state index contributed by atoms with van der Waals surface area (Å²) in [5.74, 6) is 1.39. The summed E-state index contributed by atoms with van der Waals surface area (Å²) in [6.07, 6.45) is 4.92. The maximum absolute atomic E-state index is 4.16. The molecule has 0 aliphatic heterocycles. The van der Waals surface area contributed by atoms with E-state index in [0.29, 0.717) is 17.9 Å². The summed E-state index contributed by atoms with van der Waals surface area (Å²) in [6.45, 7) is 10.1. The van der Waals surface area contributed by atoms with Crippen LogP contribution in [0.2, 0.25) is 0 Å². The molecule has 0 spiro atoms. The van der Waals surface area contributed by atoms with Crippen molar-refractivity contribution in [1.29, 1.82) is 0 Å². The standard InChI is InChI=1S/C14H24N2/c1-11(2)16-9-13(4)12(3)8-14-6-5-7-15-10-14/h5-7,10-13,16H,8-9H2,1-4H3. The van der Waals surface area contributed by atoms with Crippen LogP contribution in [0.5, 0.6) is 0 Å². The van der Waals surface area contributed by atoms with Gasteiger partial charge in [0.2, 0.25) is 0 Å². The maximum atomic E-state index is 4.16. The molecule has 0 aliphatic carbocycles. The molecule has 2 unspecified atom stereocenters. The van der Waals surface area contributed by atoms with Crippen molar-refractivity contribution in [3.8, 4) is 0 Å². The molecule has 0 aromatic carbocycles. The molecule has 1 heterocycles. The monoisotopic (exact) mass is 220 g/mol. The van der Waals surface area contributed by atoms with Crippen LogP contribution < -0.4 is 5.32 Å². The Kier molecular flexibility index (Phi) is 5.47. The average Bonchev–Trinajstić information content (AvgIpc) is 2.27. The van der Waals surface area contributed by atoms with Gasteiger partial charge in [-0.2, -0.15) is 0 Å². The fourth-order valence-electron chi connectivity index (χ4n) is 1.71. The van der Waals surface area contributed by atoms with Gasteiger partial charge in [-0.3, -0.25) is 4.98 Å². The van der Waals surface area contributed by atoms with Crippen LogP contribution in [0.3, 0.4) is 0 Å². The van der Waals surface area contributed by atoms with Gasteiger partial charge in [0.15, 0.2) is 0 Å². The molecule has 1 N–H and O–H groups in total. The van der Waals surface area contributed by atoms with Gasteiger partial charge in [-0.1, -0.05) is 33.8 Å². The molecule has 0 saturated heterocycles. The number of hydrogen-bond acceptors (Lipinski definition) is 2. The van der Waals surface area contributed by atoms with Crippen LogP contribution in [-0.4, -0.2) is 17.6 Å². The lowest BCUT2D eigenvalue weighted by atomic mass is 9.90.